The molecule has 4 rings (SSSR count). The van der Waals surface area contributed by atoms with Gasteiger partial charge >= 0.3 is 0 Å². The maximum Gasteiger partial charge on any atom is 0.162 e. The number of fused-ring (bicyclic) bond motifs is 1. The van der Waals surface area contributed by atoms with Gasteiger partial charge < -0.3 is 5.32 Å². The molecule has 4 aromatic rings. The number of benzene rings is 1. The number of aromatic nitrogens is 4. The summed E-state index contributed by atoms with van der Waals surface area (Å²) < 4.78 is 13.3. The molecule has 3 heterocycles. The molecule has 0 saturated carbocycles. The first kappa shape index (κ1) is 17.0. The summed E-state index contributed by atoms with van der Waals surface area (Å²) in [6.07, 6.45) is 6.86. The number of hydrogen-bond donors (Lipinski definition) is 1. The van der Waals surface area contributed by atoms with Crippen LogP contribution in [0.25, 0.3) is 22.3 Å². The van der Waals surface area contributed by atoms with Crippen LogP contribution >= 0.6 is 0 Å². The third kappa shape index (κ3) is 3.46. The summed E-state index contributed by atoms with van der Waals surface area (Å²) in [5, 5.41) is 4.36. The summed E-state index contributed by atoms with van der Waals surface area (Å²) in [5.74, 6) is 1.03. The van der Waals surface area contributed by atoms with Crippen molar-refractivity contribution in [1.29, 1.82) is 0 Å². The number of hydrogen-bond acceptors (Lipinski definition) is 5. The van der Waals surface area contributed by atoms with Crippen molar-refractivity contribution in [2.75, 3.05) is 5.32 Å². The molecule has 134 valence electrons. The molecule has 0 aliphatic heterocycles. The van der Waals surface area contributed by atoms with E-state index in [2.05, 4.69) is 20.3 Å². The van der Waals surface area contributed by atoms with E-state index < -0.39 is 5.54 Å². The van der Waals surface area contributed by atoms with Gasteiger partial charge in [-0.25, -0.2) is 14.4 Å². The van der Waals surface area contributed by atoms with Crippen LogP contribution < -0.4 is 5.32 Å². The smallest absolute Gasteiger partial charge is 0.162 e. The third-order valence-electron chi connectivity index (χ3n) is 4.43. The lowest BCUT2D eigenvalue weighted by molar-refractivity contribution is 0.596. The Hall–Kier alpha value is -3.41. The molecule has 5 nitrogen and oxygen atoms in total. The van der Waals surface area contributed by atoms with Gasteiger partial charge in [-0.05, 0) is 49.7 Å². The molecular weight excluding hydrogens is 341 g/mol. The predicted molar refractivity (Wildman–Crippen MR) is 104 cm³/mol. The zero-order valence-electron chi connectivity index (χ0n) is 15.0. The van der Waals surface area contributed by atoms with Crippen molar-refractivity contribution in [3.05, 3.63) is 78.6 Å². The van der Waals surface area contributed by atoms with Gasteiger partial charge in [-0.15, -0.1) is 0 Å². The van der Waals surface area contributed by atoms with E-state index in [1.807, 2.05) is 32.0 Å². The topological polar surface area (TPSA) is 63.6 Å². The molecule has 0 radical (unpaired) electrons. The molecule has 0 atom stereocenters. The highest BCUT2D eigenvalue weighted by atomic mass is 19.1. The monoisotopic (exact) mass is 359 g/mol. The molecule has 0 fully saturated rings. The van der Waals surface area contributed by atoms with E-state index in [-0.39, 0.29) is 5.82 Å². The molecular formula is C21H18FN5. The fraction of sp³-hybridized carbons (Fsp3) is 0.143. The number of pyridine rings is 2. The lowest BCUT2D eigenvalue weighted by Crippen LogP contribution is -2.28. The zero-order valence-corrected chi connectivity index (χ0v) is 15.0. The minimum Gasteiger partial charge on any atom is -0.360 e. The number of nitrogens with one attached hydrogen (secondary N) is 1. The molecule has 0 amide bonds. The highest BCUT2D eigenvalue weighted by Gasteiger charge is 2.22. The molecule has 3 aromatic heterocycles. The largest absolute Gasteiger partial charge is 0.360 e. The summed E-state index contributed by atoms with van der Waals surface area (Å²) in [6, 6.07) is 12.1. The van der Waals surface area contributed by atoms with Gasteiger partial charge in [-0.1, -0.05) is 12.1 Å². The third-order valence-corrected chi connectivity index (χ3v) is 4.43. The van der Waals surface area contributed by atoms with E-state index in [4.69, 9.17) is 4.98 Å². The maximum atomic E-state index is 13.3. The minimum atomic E-state index is -0.465. The molecule has 0 aliphatic rings. The molecule has 0 spiro atoms. The molecule has 1 aromatic carbocycles. The Balaban J connectivity index is 1.81. The predicted octanol–water partition coefficient (Wildman–Crippen LogP) is 4.57. The molecule has 0 aliphatic carbocycles. The second-order valence-corrected chi connectivity index (χ2v) is 6.78. The normalized spacial score (nSPS) is 11.5. The van der Waals surface area contributed by atoms with Gasteiger partial charge in [0.25, 0.3) is 0 Å². The number of anilines is 1. The van der Waals surface area contributed by atoms with Gasteiger partial charge in [0.1, 0.15) is 11.6 Å². The lowest BCUT2D eigenvalue weighted by Gasteiger charge is -2.28. The van der Waals surface area contributed by atoms with Crippen molar-refractivity contribution >= 4 is 16.7 Å². The second-order valence-electron chi connectivity index (χ2n) is 6.78. The van der Waals surface area contributed by atoms with Gasteiger partial charge in [0, 0.05) is 29.5 Å². The Morgan fingerprint density at radius 2 is 1.56 bits per heavy atom. The van der Waals surface area contributed by atoms with Gasteiger partial charge in [-0.3, -0.25) is 9.97 Å². The first-order valence-electron chi connectivity index (χ1n) is 8.59. The van der Waals surface area contributed by atoms with E-state index >= 15 is 0 Å². The van der Waals surface area contributed by atoms with Crippen molar-refractivity contribution in [3.8, 4) is 11.4 Å². The summed E-state index contributed by atoms with van der Waals surface area (Å²) in [6.45, 7) is 4.06. The van der Waals surface area contributed by atoms with Crippen molar-refractivity contribution in [2.24, 2.45) is 0 Å². The molecule has 6 heteroatoms. The van der Waals surface area contributed by atoms with E-state index in [0.29, 0.717) is 11.6 Å². The van der Waals surface area contributed by atoms with Crippen LogP contribution in [0.2, 0.25) is 0 Å². The molecule has 0 unspecified atom stereocenters. The Labute approximate surface area is 156 Å². The van der Waals surface area contributed by atoms with Crippen LogP contribution in [0.3, 0.4) is 0 Å². The van der Waals surface area contributed by atoms with Crippen LogP contribution in [0, 0.1) is 5.82 Å². The highest BCUT2D eigenvalue weighted by Crippen LogP contribution is 2.30. The standard InChI is InChI=1S/C21H18FN5/c1-21(2,15-3-5-16(22)6-4-15)27-20-17-9-12-24-13-18(17)25-19(26-20)14-7-10-23-11-8-14/h3-13H,1-2H3,(H,25,26,27). The maximum absolute atomic E-state index is 13.3. The van der Waals surface area contributed by atoms with E-state index in [1.165, 1.54) is 12.1 Å². The SMILES string of the molecule is CC(C)(Nc1nc(-c2ccncc2)nc2cnccc12)c1ccc(F)cc1. The fourth-order valence-corrected chi connectivity index (χ4v) is 2.94. The van der Waals surface area contributed by atoms with Crippen molar-refractivity contribution in [1.82, 2.24) is 19.9 Å². The summed E-state index contributed by atoms with van der Waals surface area (Å²) in [5.41, 5.74) is 2.11. The second kappa shape index (κ2) is 6.72. The van der Waals surface area contributed by atoms with E-state index in [9.17, 15) is 4.39 Å². The Bertz CT molecular complexity index is 1080. The number of rotatable bonds is 4. The van der Waals surface area contributed by atoms with Crippen LogP contribution in [0.4, 0.5) is 10.2 Å². The highest BCUT2D eigenvalue weighted by molar-refractivity contribution is 5.90. The van der Waals surface area contributed by atoms with Crippen molar-refractivity contribution < 1.29 is 4.39 Å². The van der Waals surface area contributed by atoms with Crippen LogP contribution in [0.5, 0.6) is 0 Å². The van der Waals surface area contributed by atoms with Gasteiger partial charge in [-0.2, -0.15) is 0 Å². The van der Waals surface area contributed by atoms with E-state index in [0.717, 1.165) is 22.0 Å². The molecule has 27 heavy (non-hydrogen) atoms. The Morgan fingerprint density at radius 1 is 0.852 bits per heavy atom. The molecule has 0 bridgehead atoms. The van der Waals surface area contributed by atoms with Gasteiger partial charge in [0.2, 0.25) is 0 Å². The first-order valence-corrected chi connectivity index (χ1v) is 8.59. The van der Waals surface area contributed by atoms with Crippen molar-refractivity contribution in [3.63, 3.8) is 0 Å². The fourth-order valence-electron chi connectivity index (χ4n) is 2.94. The first-order chi connectivity index (χ1) is 13.0. The summed E-state index contributed by atoms with van der Waals surface area (Å²) in [4.78, 5) is 17.6. The minimum absolute atomic E-state index is 0.256. The zero-order chi connectivity index (χ0) is 18.9. The van der Waals surface area contributed by atoms with Crippen LogP contribution in [0.15, 0.2) is 67.3 Å². The number of halogens is 1. The van der Waals surface area contributed by atoms with E-state index in [1.54, 1.807) is 36.9 Å². The number of nitrogens with zero attached hydrogens (tertiary/aromatic N) is 4. The molecule has 1 N–H and O–H groups in total. The van der Waals surface area contributed by atoms with Crippen LogP contribution in [-0.2, 0) is 5.54 Å². The summed E-state index contributed by atoms with van der Waals surface area (Å²) in [7, 11) is 0. The van der Waals surface area contributed by atoms with Gasteiger partial charge in [0.15, 0.2) is 5.82 Å². The van der Waals surface area contributed by atoms with Crippen LogP contribution in [0.1, 0.15) is 19.4 Å². The Kier molecular flexibility index (Phi) is 4.24. The van der Waals surface area contributed by atoms with Crippen molar-refractivity contribution in [2.45, 2.75) is 19.4 Å². The quantitative estimate of drug-likeness (QED) is 0.578. The average Bonchev–Trinajstić information content (AvgIpc) is 2.69. The van der Waals surface area contributed by atoms with Gasteiger partial charge in [0.05, 0.1) is 17.3 Å². The lowest BCUT2D eigenvalue weighted by atomic mass is 9.94. The molecule has 0 saturated heterocycles. The average molecular weight is 359 g/mol. The van der Waals surface area contributed by atoms with Crippen LogP contribution in [-0.4, -0.2) is 19.9 Å². The summed E-state index contributed by atoms with van der Waals surface area (Å²) >= 11 is 0. The Morgan fingerprint density at radius 3 is 2.30 bits per heavy atom.